The number of esters is 1. The lowest BCUT2D eigenvalue weighted by Gasteiger charge is -2.59. The van der Waals surface area contributed by atoms with E-state index in [4.69, 9.17) is 4.74 Å². The standard InChI is InChI=1S/C28H36O4/c1-17(29)22-11-12-23-21-10-9-19-15-20(32-26(31)18-7-5-4-6-8-18)13-14-27(19,2)25(21)24(30)16-28(22,23)3/h4-8,19-23,25H,9-16H2,1-3H3/t19-,20-,21+,22+,23-,25+,27+,28+/m1/s1. The summed E-state index contributed by atoms with van der Waals surface area (Å²) in [6.07, 6.45) is 7.36. The van der Waals surface area contributed by atoms with Crippen molar-refractivity contribution in [3.63, 3.8) is 0 Å². The Morgan fingerprint density at radius 2 is 1.72 bits per heavy atom. The molecule has 4 saturated carbocycles. The fraction of sp³-hybridized carbons (Fsp3) is 0.679. The molecule has 172 valence electrons. The number of carbonyl (C=O) groups excluding carboxylic acids is 3. The van der Waals surface area contributed by atoms with Gasteiger partial charge in [-0.25, -0.2) is 4.79 Å². The van der Waals surface area contributed by atoms with E-state index < -0.39 is 0 Å². The minimum atomic E-state index is -0.237. The summed E-state index contributed by atoms with van der Waals surface area (Å²) in [7, 11) is 0. The fourth-order valence-electron chi connectivity index (χ4n) is 8.60. The van der Waals surface area contributed by atoms with E-state index in [0.717, 1.165) is 44.9 Å². The van der Waals surface area contributed by atoms with Crippen LogP contribution in [0.3, 0.4) is 0 Å². The predicted molar refractivity (Wildman–Crippen MR) is 122 cm³/mol. The van der Waals surface area contributed by atoms with Gasteiger partial charge in [0.25, 0.3) is 0 Å². The molecule has 0 spiro atoms. The van der Waals surface area contributed by atoms with Crippen LogP contribution in [0.2, 0.25) is 0 Å². The first kappa shape index (κ1) is 21.9. The average Bonchev–Trinajstić information content (AvgIpc) is 3.11. The van der Waals surface area contributed by atoms with Crippen LogP contribution in [-0.2, 0) is 14.3 Å². The molecule has 0 saturated heterocycles. The Bertz CT molecular complexity index is 923. The van der Waals surface area contributed by atoms with Gasteiger partial charge in [0, 0.05) is 18.3 Å². The van der Waals surface area contributed by atoms with Crippen LogP contribution >= 0.6 is 0 Å². The van der Waals surface area contributed by atoms with Crippen LogP contribution in [0, 0.1) is 40.4 Å². The summed E-state index contributed by atoms with van der Waals surface area (Å²) in [4.78, 5) is 38.6. The van der Waals surface area contributed by atoms with Crippen molar-refractivity contribution in [3.8, 4) is 0 Å². The van der Waals surface area contributed by atoms with Crippen LogP contribution in [0.4, 0.5) is 0 Å². The van der Waals surface area contributed by atoms with Crippen LogP contribution in [0.1, 0.15) is 82.5 Å². The number of benzene rings is 1. The van der Waals surface area contributed by atoms with Crippen molar-refractivity contribution in [1.82, 2.24) is 0 Å². The van der Waals surface area contributed by atoms with Gasteiger partial charge in [0.1, 0.15) is 17.7 Å². The minimum absolute atomic E-state index is 0.00864. The summed E-state index contributed by atoms with van der Waals surface area (Å²) in [6.45, 7) is 6.27. The lowest BCUT2D eigenvalue weighted by molar-refractivity contribution is -0.162. The molecule has 32 heavy (non-hydrogen) atoms. The van der Waals surface area contributed by atoms with Crippen molar-refractivity contribution >= 4 is 17.5 Å². The number of fused-ring (bicyclic) bond motifs is 5. The quantitative estimate of drug-likeness (QED) is 0.576. The van der Waals surface area contributed by atoms with Crippen LogP contribution in [0.15, 0.2) is 30.3 Å². The molecule has 0 unspecified atom stereocenters. The summed E-state index contributed by atoms with van der Waals surface area (Å²) in [5, 5.41) is 0. The molecule has 4 aliphatic carbocycles. The van der Waals surface area contributed by atoms with Gasteiger partial charge >= 0.3 is 5.97 Å². The molecule has 4 nitrogen and oxygen atoms in total. The van der Waals surface area contributed by atoms with E-state index >= 15 is 0 Å². The van der Waals surface area contributed by atoms with Gasteiger partial charge in [0.2, 0.25) is 0 Å². The molecule has 0 amide bonds. The Hall–Kier alpha value is -1.97. The molecule has 5 rings (SSSR count). The molecule has 1 aromatic carbocycles. The maximum Gasteiger partial charge on any atom is 0.338 e. The second kappa shape index (κ2) is 7.81. The third kappa shape index (κ3) is 3.28. The Balaban J connectivity index is 1.33. The molecule has 0 aromatic heterocycles. The Morgan fingerprint density at radius 1 is 0.969 bits per heavy atom. The van der Waals surface area contributed by atoms with Gasteiger partial charge in [-0.1, -0.05) is 32.0 Å². The van der Waals surface area contributed by atoms with Crippen molar-refractivity contribution < 1.29 is 19.1 Å². The lowest BCUT2D eigenvalue weighted by atomic mass is 9.44. The van der Waals surface area contributed by atoms with Crippen LogP contribution in [0.25, 0.3) is 0 Å². The van der Waals surface area contributed by atoms with Crippen LogP contribution in [-0.4, -0.2) is 23.6 Å². The van der Waals surface area contributed by atoms with E-state index in [1.165, 1.54) is 0 Å². The monoisotopic (exact) mass is 436 g/mol. The van der Waals surface area contributed by atoms with Crippen molar-refractivity contribution in [2.45, 2.75) is 78.2 Å². The largest absolute Gasteiger partial charge is 0.459 e. The molecule has 4 fully saturated rings. The molecule has 0 aliphatic heterocycles. The van der Waals surface area contributed by atoms with Crippen molar-refractivity contribution in [2.75, 3.05) is 0 Å². The molecule has 0 N–H and O–H groups in total. The average molecular weight is 437 g/mol. The number of carbonyl (C=O) groups is 3. The van der Waals surface area contributed by atoms with Gasteiger partial charge in [-0.15, -0.1) is 0 Å². The zero-order valence-corrected chi connectivity index (χ0v) is 19.6. The molecule has 0 radical (unpaired) electrons. The van der Waals surface area contributed by atoms with E-state index in [-0.39, 0.29) is 40.5 Å². The number of ether oxygens (including phenoxy) is 1. The number of hydrogen-bond acceptors (Lipinski definition) is 4. The van der Waals surface area contributed by atoms with E-state index in [1.54, 1.807) is 19.1 Å². The van der Waals surface area contributed by atoms with Gasteiger partial charge in [0.05, 0.1) is 5.56 Å². The Labute approximate surface area is 191 Å². The van der Waals surface area contributed by atoms with E-state index in [1.807, 2.05) is 18.2 Å². The molecule has 8 atom stereocenters. The van der Waals surface area contributed by atoms with E-state index in [9.17, 15) is 14.4 Å². The third-order valence-corrected chi connectivity index (χ3v) is 10.1. The van der Waals surface area contributed by atoms with Crippen LogP contribution in [0.5, 0.6) is 0 Å². The maximum atomic E-state index is 13.7. The second-order valence-corrected chi connectivity index (χ2v) is 11.6. The highest BCUT2D eigenvalue weighted by Crippen LogP contribution is 2.66. The van der Waals surface area contributed by atoms with Crippen molar-refractivity contribution in [2.24, 2.45) is 40.4 Å². The topological polar surface area (TPSA) is 60.4 Å². The zero-order valence-electron chi connectivity index (χ0n) is 19.6. The lowest BCUT2D eigenvalue weighted by Crippen LogP contribution is -2.58. The van der Waals surface area contributed by atoms with Gasteiger partial charge in [-0.2, -0.15) is 0 Å². The predicted octanol–water partition coefficient (Wildman–Crippen LogP) is 5.64. The zero-order chi connectivity index (χ0) is 22.7. The first-order valence-corrected chi connectivity index (χ1v) is 12.5. The van der Waals surface area contributed by atoms with Crippen molar-refractivity contribution in [3.05, 3.63) is 35.9 Å². The molecule has 0 heterocycles. The van der Waals surface area contributed by atoms with Crippen LogP contribution < -0.4 is 0 Å². The number of hydrogen-bond donors (Lipinski definition) is 0. The molecule has 4 heteroatoms. The number of rotatable bonds is 3. The summed E-state index contributed by atoms with van der Waals surface area (Å²) in [5.41, 5.74) is 0.452. The molecular formula is C28H36O4. The fourth-order valence-corrected chi connectivity index (χ4v) is 8.60. The summed E-state index contributed by atoms with van der Waals surface area (Å²) in [6, 6.07) is 9.22. The van der Waals surface area contributed by atoms with Gasteiger partial charge in [-0.3, -0.25) is 9.59 Å². The Morgan fingerprint density at radius 3 is 2.44 bits per heavy atom. The van der Waals surface area contributed by atoms with E-state index in [2.05, 4.69) is 13.8 Å². The highest BCUT2D eigenvalue weighted by atomic mass is 16.5. The molecule has 1 aromatic rings. The van der Waals surface area contributed by atoms with E-state index in [0.29, 0.717) is 35.5 Å². The first-order valence-electron chi connectivity index (χ1n) is 12.5. The normalized spacial score (nSPS) is 43.0. The summed E-state index contributed by atoms with van der Waals surface area (Å²) in [5.74, 6) is 1.91. The maximum absolute atomic E-state index is 13.7. The molecule has 4 aliphatic rings. The highest BCUT2D eigenvalue weighted by molar-refractivity contribution is 5.89. The first-order chi connectivity index (χ1) is 15.2. The minimum Gasteiger partial charge on any atom is -0.459 e. The Kier molecular flexibility index (Phi) is 5.34. The number of Topliss-reactive ketones (excluding diaryl/α,β-unsaturated/α-hetero) is 2. The third-order valence-electron chi connectivity index (χ3n) is 10.1. The summed E-state index contributed by atoms with van der Waals surface area (Å²) < 4.78 is 5.90. The molecular weight excluding hydrogens is 400 g/mol. The van der Waals surface area contributed by atoms with Gasteiger partial charge in [0.15, 0.2) is 0 Å². The summed E-state index contributed by atoms with van der Waals surface area (Å²) >= 11 is 0. The molecule has 0 bridgehead atoms. The number of ketones is 2. The highest BCUT2D eigenvalue weighted by Gasteiger charge is 2.63. The SMILES string of the molecule is CC(=O)[C@@H]1CC[C@@H]2[C@@H]3CC[C@@H]4C[C@H](OC(=O)c5ccccc5)CC[C@]4(C)[C@@H]3C(=O)C[C@]21C. The van der Waals surface area contributed by atoms with Gasteiger partial charge < -0.3 is 4.74 Å². The second-order valence-electron chi connectivity index (χ2n) is 11.6. The van der Waals surface area contributed by atoms with Crippen molar-refractivity contribution in [1.29, 1.82) is 0 Å². The smallest absolute Gasteiger partial charge is 0.338 e. The van der Waals surface area contributed by atoms with Gasteiger partial charge in [-0.05, 0) is 92.6 Å².